The number of rotatable bonds is 3. The normalized spacial score (nSPS) is 12.4. The van der Waals surface area contributed by atoms with Crippen molar-refractivity contribution < 1.29 is 15.0 Å². The molecule has 0 spiro atoms. The molecule has 0 aliphatic carbocycles. The van der Waals surface area contributed by atoms with Gasteiger partial charge in [0.15, 0.2) is 0 Å². The maximum Gasteiger partial charge on any atom is 0.311 e. The van der Waals surface area contributed by atoms with Gasteiger partial charge in [-0.25, -0.2) is 0 Å². The van der Waals surface area contributed by atoms with Crippen LogP contribution in [0, 0.1) is 0 Å². The van der Waals surface area contributed by atoms with Gasteiger partial charge in [0.1, 0.15) is 5.75 Å². The Labute approximate surface area is 82.0 Å². The fraction of sp³-hybridized carbons (Fsp3) is 0.300. The number of carbonyl (C=O) groups is 1. The van der Waals surface area contributed by atoms with Gasteiger partial charge in [0, 0.05) is 11.3 Å². The van der Waals surface area contributed by atoms with Crippen molar-refractivity contribution in [2.24, 2.45) is 0 Å². The zero-order valence-corrected chi connectivity index (χ0v) is 7.90. The second-order valence-corrected chi connectivity index (χ2v) is 3.12. The number of benzene rings is 1. The number of aliphatic carboxylic acids is 1. The molecule has 0 amide bonds. The van der Waals surface area contributed by atoms with E-state index in [1.165, 1.54) is 18.2 Å². The molecule has 0 radical (unpaired) electrons. The lowest BCUT2D eigenvalue weighted by molar-refractivity contribution is -0.138. The molecule has 14 heavy (non-hydrogen) atoms. The van der Waals surface area contributed by atoms with E-state index >= 15 is 0 Å². The van der Waals surface area contributed by atoms with Crippen LogP contribution < -0.4 is 5.73 Å². The van der Waals surface area contributed by atoms with E-state index < -0.39 is 11.9 Å². The smallest absolute Gasteiger partial charge is 0.311 e. The van der Waals surface area contributed by atoms with Crippen LogP contribution in [0.5, 0.6) is 5.75 Å². The number of aromatic hydroxyl groups is 1. The van der Waals surface area contributed by atoms with Crippen LogP contribution in [-0.4, -0.2) is 16.2 Å². The Morgan fingerprint density at radius 3 is 2.71 bits per heavy atom. The summed E-state index contributed by atoms with van der Waals surface area (Å²) in [7, 11) is 0. The van der Waals surface area contributed by atoms with Crippen molar-refractivity contribution in [1.82, 2.24) is 0 Å². The number of phenols is 1. The summed E-state index contributed by atoms with van der Waals surface area (Å²) in [6, 6.07) is 4.45. The second-order valence-electron chi connectivity index (χ2n) is 3.12. The van der Waals surface area contributed by atoms with E-state index in [4.69, 9.17) is 10.8 Å². The highest BCUT2D eigenvalue weighted by molar-refractivity contribution is 5.77. The van der Waals surface area contributed by atoms with Crippen LogP contribution in [0.3, 0.4) is 0 Å². The largest absolute Gasteiger partial charge is 0.508 e. The molecule has 0 aliphatic rings. The Hall–Kier alpha value is -1.71. The van der Waals surface area contributed by atoms with Crippen molar-refractivity contribution in [3.05, 3.63) is 23.8 Å². The average Bonchev–Trinajstić information content (AvgIpc) is 2.11. The molecular weight excluding hydrogens is 182 g/mol. The topological polar surface area (TPSA) is 83.5 Å². The lowest BCUT2D eigenvalue weighted by Gasteiger charge is -2.12. The molecule has 1 aromatic carbocycles. The first-order valence-electron chi connectivity index (χ1n) is 4.37. The van der Waals surface area contributed by atoms with Gasteiger partial charge in [-0.15, -0.1) is 0 Å². The summed E-state index contributed by atoms with van der Waals surface area (Å²) < 4.78 is 0. The Bertz CT molecular complexity index is 349. The van der Waals surface area contributed by atoms with Gasteiger partial charge in [-0.2, -0.15) is 0 Å². The second kappa shape index (κ2) is 4.00. The third-order valence-corrected chi connectivity index (χ3v) is 2.13. The van der Waals surface area contributed by atoms with Crippen molar-refractivity contribution in [2.75, 3.05) is 5.73 Å². The summed E-state index contributed by atoms with van der Waals surface area (Å²) in [4.78, 5) is 10.8. The van der Waals surface area contributed by atoms with Crippen LogP contribution in [0.2, 0.25) is 0 Å². The number of carboxylic acid groups (broad SMARTS) is 1. The summed E-state index contributed by atoms with van der Waals surface area (Å²) in [5.41, 5.74) is 6.35. The van der Waals surface area contributed by atoms with E-state index in [1.54, 1.807) is 6.92 Å². The first-order valence-corrected chi connectivity index (χ1v) is 4.37. The minimum atomic E-state index is -0.951. The van der Waals surface area contributed by atoms with E-state index in [1.807, 2.05) is 0 Å². The third-order valence-electron chi connectivity index (χ3n) is 2.13. The van der Waals surface area contributed by atoms with Gasteiger partial charge in [-0.1, -0.05) is 6.92 Å². The lowest BCUT2D eigenvalue weighted by atomic mass is 9.95. The number of carboxylic acids is 1. The van der Waals surface area contributed by atoms with Gasteiger partial charge in [0.05, 0.1) is 5.92 Å². The Morgan fingerprint density at radius 1 is 1.57 bits per heavy atom. The van der Waals surface area contributed by atoms with Gasteiger partial charge in [-0.05, 0) is 24.6 Å². The zero-order valence-electron chi connectivity index (χ0n) is 7.90. The van der Waals surface area contributed by atoms with Crippen molar-refractivity contribution in [3.63, 3.8) is 0 Å². The molecule has 0 heterocycles. The molecule has 76 valence electrons. The fourth-order valence-corrected chi connectivity index (χ4v) is 1.38. The van der Waals surface area contributed by atoms with Crippen LogP contribution >= 0.6 is 0 Å². The molecule has 1 aromatic rings. The van der Waals surface area contributed by atoms with Crippen LogP contribution in [-0.2, 0) is 4.79 Å². The Morgan fingerprint density at radius 2 is 2.21 bits per heavy atom. The maximum absolute atomic E-state index is 10.8. The Kier molecular flexibility index (Phi) is 2.96. The van der Waals surface area contributed by atoms with E-state index in [0.29, 0.717) is 17.7 Å². The van der Waals surface area contributed by atoms with Crippen LogP contribution in [0.15, 0.2) is 18.2 Å². The molecule has 1 atom stereocenters. The van der Waals surface area contributed by atoms with E-state index in [2.05, 4.69) is 0 Å². The Balaban J connectivity index is 3.15. The van der Waals surface area contributed by atoms with E-state index in [0.717, 1.165) is 0 Å². The number of anilines is 1. The lowest BCUT2D eigenvalue weighted by Crippen LogP contribution is -2.10. The molecule has 0 aliphatic heterocycles. The third kappa shape index (κ3) is 1.96. The number of phenolic OH excluding ortho intramolecular Hbond substituents is 1. The first-order chi connectivity index (χ1) is 6.56. The van der Waals surface area contributed by atoms with Gasteiger partial charge in [-0.3, -0.25) is 4.79 Å². The summed E-state index contributed by atoms with van der Waals surface area (Å²) in [5.74, 6) is -1.67. The van der Waals surface area contributed by atoms with Crippen molar-refractivity contribution in [2.45, 2.75) is 19.3 Å². The van der Waals surface area contributed by atoms with Gasteiger partial charge < -0.3 is 15.9 Å². The highest BCUT2D eigenvalue weighted by Gasteiger charge is 2.20. The molecule has 0 saturated heterocycles. The average molecular weight is 195 g/mol. The molecule has 0 fully saturated rings. The maximum atomic E-state index is 10.8. The fourth-order valence-electron chi connectivity index (χ4n) is 1.38. The molecular formula is C10H13NO3. The molecule has 4 nitrogen and oxygen atoms in total. The molecule has 0 aromatic heterocycles. The monoisotopic (exact) mass is 195 g/mol. The van der Waals surface area contributed by atoms with Crippen molar-refractivity contribution in [3.8, 4) is 5.75 Å². The number of nitrogen functional groups attached to an aromatic ring is 1. The molecule has 4 heteroatoms. The quantitative estimate of drug-likeness (QED) is 0.504. The zero-order chi connectivity index (χ0) is 10.7. The summed E-state index contributed by atoms with van der Waals surface area (Å²) >= 11 is 0. The number of hydrogen-bond donors (Lipinski definition) is 3. The molecule has 1 rings (SSSR count). The standard InChI is InChI=1S/C10H13NO3/c1-2-7(10(13)14)8-5-6(11)3-4-9(8)12/h3-5,7,12H,2,11H2,1H3,(H,13,14). The van der Waals surface area contributed by atoms with Crippen LogP contribution in [0.4, 0.5) is 5.69 Å². The predicted molar refractivity (Wildman–Crippen MR) is 53.2 cm³/mol. The van der Waals surface area contributed by atoms with E-state index in [-0.39, 0.29) is 5.75 Å². The van der Waals surface area contributed by atoms with Crippen LogP contribution in [0.1, 0.15) is 24.8 Å². The molecule has 4 N–H and O–H groups in total. The molecule has 1 unspecified atom stereocenters. The minimum Gasteiger partial charge on any atom is -0.508 e. The SMILES string of the molecule is CCC(C(=O)O)c1cc(N)ccc1O. The predicted octanol–water partition coefficient (Wildman–Crippen LogP) is 1.55. The number of hydrogen-bond acceptors (Lipinski definition) is 3. The number of nitrogens with two attached hydrogens (primary N) is 1. The highest BCUT2D eigenvalue weighted by Crippen LogP contribution is 2.29. The van der Waals surface area contributed by atoms with Crippen LogP contribution in [0.25, 0.3) is 0 Å². The van der Waals surface area contributed by atoms with Crippen molar-refractivity contribution in [1.29, 1.82) is 0 Å². The van der Waals surface area contributed by atoms with Gasteiger partial charge in [0.25, 0.3) is 0 Å². The van der Waals surface area contributed by atoms with Crippen molar-refractivity contribution >= 4 is 11.7 Å². The summed E-state index contributed by atoms with van der Waals surface area (Å²) in [5, 5.41) is 18.4. The highest BCUT2D eigenvalue weighted by atomic mass is 16.4. The summed E-state index contributed by atoms with van der Waals surface area (Å²) in [6.07, 6.45) is 0.423. The minimum absolute atomic E-state index is 0.0200. The van der Waals surface area contributed by atoms with E-state index in [9.17, 15) is 9.90 Å². The first kappa shape index (κ1) is 10.4. The summed E-state index contributed by atoms with van der Waals surface area (Å²) in [6.45, 7) is 1.75. The molecule has 0 bridgehead atoms. The molecule has 0 saturated carbocycles. The van der Waals surface area contributed by atoms with Gasteiger partial charge in [0.2, 0.25) is 0 Å². The van der Waals surface area contributed by atoms with Gasteiger partial charge >= 0.3 is 5.97 Å².